The van der Waals surface area contributed by atoms with Gasteiger partial charge in [0.25, 0.3) is 0 Å². The molecule has 0 aromatic carbocycles. The van der Waals surface area contributed by atoms with E-state index in [1.165, 1.54) is 12.3 Å². The van der Waals surface area contributed by atoms with Gasteiger partial charge in [-0.1, -0.05) is 23.2 Å². The monoisotopic (exact) mass is 351 g/mol. The first-order valence-electron chi connectivity index (χ1n) is 5.34. The molecule has 0 fully saturated rings. The second-order valence-electron chi connectivity index (χ2n) is 3.72. The van der Waals surface area contributed by atoms with Crippen LogP contribution < -0.4 is 0 Å². The number of rotatable bonds is 5. The number of nitrogens with zero attached hydrogens (tertiary/aromatic N) is 1. The molecule has 0 amide bonds. The van der Waals surface area contributed by atoms with Crippen LogP contribution in [0.5, 0.6) is 0 Å². The van der Waals surface area contributed by atoms with E-state index in [0.717, 1.165) is 18.2 Å². The number of furan rings is 2. The third kappa shape index (κ3) is 3.29. The quantitative estimate of drug-likeness (QED) is 0.464. The highest BCUT2D eigenvalue weighted by Crippen LogP contribution is 2.33. The Morgan fingerprint density at radius 3 is 2.52 bits per heavy atom. The van der Waals surface area contributed by atoms with Gasteiger partial charge in [0.05, 0.1) is 12.3 Å². The van der Waals surface area contributed by atoms with Gasteiger partial charge in [-0.3, -0.25) is 10.1 Å². The minimum Gasteiger partial charge on any atom is -0.465 e. The molecule has 7 nitrogen and oxygen atoms in total. The molecule has 0 saturated carbocycles. The zero-order valence-corrected chi connectivity index (χ0v) is 12.4. The van der Waals surface area contributed by atoms with Crippen molar-refractivity contribution < 1.29 is 22.2 Å². The van der Waals surface area contributed by atoms with Gasteiger partial charge in [0, 0.05) is 6.08 Å². The molecule has 0 saturated heterocycles. The van der Waals surface area contributed by atoms with Crippen LogP contribution in [0.3, 0.4) is 0 Å². The first-order chi connectivity index (χ1) is 9.82. The Bertz CT molecular complexity index is 776. The molecular weight excluding hydrogens is 345 g/mol. The lowest BCUT2D eigenvalue weighted by Crippen LogP contribution is -2.10. The highest BCUT2D eigenvalue weighted by molar-refractivity contribution is 8.03. The second-order valence-corrected chi connectivity index (χ2v) is 7.34. The van der Waals surface area contributed by atoms with Crippen LogP contribution in [0.2, 0.25) is 0 Å². The van der Waals surface area contributed by atoms with Crippen molar-refractivity contribution in [2.45, 2.75) is 4.17 Å². The molecule has 0 bridgehead atoms. The van der Waals surface area contributed by atoms with Crippen molar-refractivity contribution in [1.82, 2.24) is 0 Å². The molecule has 112 valence electrons. The molecule has 0 atom stereocenters. The van der Waals surface area contributed by atoms with Gasteiger partial charge < -0.3 is 8.83 Å². The molecule has 0 unspecified atom stereocenters. The lowest BCUT2D eigenvalue weighted by molar-refractivity contribution is -0.402. The summed E-state index contributed by atoms with van der Waals surface area (Å²) in [6.45, 7) is 0. The van der Waals surface area contributed by atoms with E-state index < -0.39 is 29.7 Å². The van der Waals surface area contributed by atoms with Crippen molar-refractivity contribution >= 4 is 49.9 Å². The highest BCUT2D eigenvalue weighted by Gasteiger charge is 2.31. The summed E-state index contributed by atoms with van der Waals surface area (Å²) in [6, 6.07) is 5.20. The van der Waals surface area contributed by atoms with Crippen LogP contribution in [-0.2, 0) is 9.84 Å². The van der Waals surface area contributed by atoms with Crippen LogP contribution in [0.15, 0.2) is 39.4 Å². The maximum Gasteiger partial charge on any atom is 0.433 e. The summed E-state index contributed by atoms with van der Waals surface area (Å²) in [4.78, 5) is 9.40. The topological polar surface area (TPSA) is 104 Å². The van der Waals surface area contributed by atoms with E-state index in [4.69, 9.17) is 32.0 Å². The fraction of sp³-hybridized carbons (Fsp3) is 0.0909. The van der Waals surface area contributed by atoms with Gasteiger partial charge in [-0.05, 0) is 18.2 Å². The summed E-state index contributed by atoms with van der Waals surface area (Å²) in [7, 11) is -4.16. The van der Waals surface area contributed by atoms with Crippen LogP contribution in [0.1, 0.15) is 11.5 Å². The van der Waals surface area contributed by atoms with E-state index in [1.807, 2.05) is 0 Å². The first-order valence-corrected chi connectivity index (χ1v) is 7.76. The Kier molecular flexibility index (Phi) is 4.40. The summed E-state index contributed by atoms with van der Waals surface area (Å²) in [5.74, 6) is -0.669. The van der Waals surface area contributed by atoms with Crippen LogP contribution >= 0.6 is 23.2 Å². The summed E-state index contributed by atoms with van der Waals surface area (Å²) in [5.41, 5.74) is 0. The highest BCUT2D eigenvalue weighted by atomic mass is 35.5. The largest absolute Gasteiger partial charge is 0.465 e. The molecule has 2 aromatic rings. The predicted octanol–water partition coefficient (Wildman–Crippen LogP) is 3.45. The summed E-state index contributed by atoms with van der Waals surface area (Å²) < 4.78 is 32.4. The number of halogens is 2. The van der Waals surface area contributed by atoms with E-state index in [-0.39, 0.29) is 11.5 Å². The molecule has 2 rings (SSSR count). The van der Waals surface area contributed by atoms with Crippen molar-refractivity contribution in [3.05, 3.63) is 52.2 Å². The maximum absolute atomic E-state index is 12.1. The van der Waals surface area contributed by atoms with Gasteiger partial charge in [0.2, 0.25) is 14.0 Å². The van der Waals surface area contributed by atoms with E-state index in [0.29, 0.717) is 0 Å². The number of alkyl halides is 2. The average Bonchev–Trinajstić information content (AvgIpc) is 3.06. The molecular formula is C11H7Cl2NO6S. The molecule has 0 radical (unpaired) electrons. The minimum atomic E-state index is -4.16. The Labute approximate surface area is 128 Å². The van der Waals surface area contributed by atoms with Crippen LogP contribution in [0.25, 0.3) is 11.0 Å². The first kappa shape index (κ1) is 15.6. The molecule has 0 N–H and O–H groups in total. The molecule has 0 aliphatic carbocycles. The van der Waals surface area contributed by atoms with Crippen LogP contribution in [0.4, 0.5) is 5.88 Å². The fourth-order valence-electron chi connectivity index (χ4n) is 1.45. The molecule has 2 aromatic heterocycles. The van der Waals surface area contributed by atoms with Crippen LogP contribution in [-0.4, -0.2) is 17.5 Å². The summed E-state index contributed by atoms with van der Waals surface area (Å²) in [5, 5.41) is 10.6. The Balaban J connectivity index is 2.58. The predicted molar refractivity (Wildman–Crippen MR) is 76.4 cm³/mol. The van der Waals surface area contributed by atoms with Gasteiger partial charge in [-0.2, -0.15) is 0 Å². The number of hydrogen-bond donors (Lipinski definition) is 0. The van der Waals surface area contributed by atoms with Crippen molar-refractivity contribution in [2.24, 2.45) is 0 Å². The zero-order chi connectivity index (χ0) is 15.6. The lowest BCUT2D eigenvalue weighted by Gasteiger charge is -2.06. The molecule has 10 heteroatoms. The SMILES string of the molecule is O=[N+]([O-])c1ccc(C(=Cc2ccco2)S(=O)(=O)C(Cl)Cl)o1. The number of sulfone groups is 1. The van der Waals surface area contributed by atoms with E-state index >= 15 is 0 Å². The summed E-state index contributed by atoms with van der Waals surface area (Å²) >= 11 is 10.9. The fourth-order valence-corrected chi connectivity index (χ4v) is 2.89. The second kappa shape index (κ2) is 5.92. The molecule has 0 aliphatic heterocycles. The van der Waals surface area contributed by atoms with Gasteiger partial charge in [-0.25, -0.2) is 8.42 Å². The lowest BCUT2D eigenvalue weighted by atomic mass is 10.3. The Morgan fingerprint density at radius 1 is 1.33 bits per heavy atom. The van der Waals surface area contributed by atoms with Crippen molar-refractivity contribution in [1.29, 1.82) is 0 Å². The standard InChI is InChI=1S/C11H7Cl2NO6S/c12-11(13)21(17,18)9(6-7-2-1-5-19-7)8-3-4-10(20-8)14(15)16/h1-6,11H. The maximum atomic E-state index is 12.1. The van der Waals surface area contributed by atoms with Gasteiger partial charge >= 0.3 is 5.88 Å². The van der Waals surface area contributed by atoms with Crippen LogP contribution in [0, 0.1) is 10.1 Å². The number of hydrogen-bond acceptors (Lipinski definition) is 6. The zero-order valence-electron chi connectivity index (χ0n) is 10.1. The average molecular weight is 352 g/mol. The Hall–Kier alpha value is -1.77. The third-order valence-corrected chi connectivity index (χ3v) is 5.18. The van der Waals surface area contributed by atoms with Gasteiger partial charge in [0.15, 0.2) is 5.76 Å². The van der Waals surface area contributed by atoms with Gasteiger partial charge in [-0.15, -0.1) is 0 Å². The number of nitro groups is 1. The third-order valence-electron chi connectivity index (χ3n) is 2.37. The van der Waals surface area contributed by atoms with Crippen molar-refractivity contribution in [3.63, 3.8) is 0 Å². The molecule has 0 aliphatic rings. The van der Waals surface area contributed by atoms with E-state index in [2.05, 4.69) is 0 Å². The molecule has 2 heterocycles. The normalized spacial score (nSPS) is 12.8. The van der Waals surface area contributed by atoms with Crippen molar-refractivity contribution in [3.8, 4) is 0 Å². The Morgan fingerprint density at radius 2 is 2.05 bits per heavy atom. The van der Waals surface area contributed by atoms with Gasteiger partial charge in [0.1, 0.15) is 15.6 Å². The summed E-state index contributed by atoms with van der Waals surface area (Å²) in [6.07, 6.45) is 2.45. The van der Waals surface area contributed by atoms with E-state index in [9.17, 15) is 18.5 Å². The smallest absolute Gasteiger partial charge is 0.433 e. The van der Waals surface area contributed by atoms with Crippen molar-refractivity contribution in [2.75, 3.05) is 0 Å². The molecule has 21 heavy (non-hydrogen) atoms. The molecule has 0 spiro atoms. The van der Waals surface area contributed by atoms with E-state index in [1.54, 1.807) is 6.07 Å². The minimum absolute atomic E-state index is 0.196.